The van der Waals surface area contributed by atoms with E-state index in [0.717, 1.165) is 17.2 Å². The second-order valence-electron chi connectivity index (χ2n) is 9.89. The van der Waals surface area contributed by atoms with E-state index in [2.05, 4.69) is 24.5 Å². The molecule has 7 nitrogen and oxygen atoms in total. The zero-order valence-corrected chi connectivity index (χ0v) is 23.9. The molecular formula is C33H32ClN3O4. The number of furan rings is 1. The van der Waals surface area contributed by atoms with Gasteiger partial charge in [-0.25, -0.2) is 0 Å². The van der Waals surface area contributed by atoms with Gasteiger partial charge in [-0.3, -0.25) is 19.3 Å². The van der Waals surface area contributed by atoms with Gasteiger partial charge in [-0.2, -0.15) is 0 Å². The van der Waals surface area contributed by atoms with Crippen molar-refractivity contribution in [1.29, 1.82) is 0 Å². The Labute approximate surface area is 244 Å². The van der Waals surface area contributed by atoms with E-state index in [1.54, 1.807) is 60.7 Å². The van der Waals surface area contributed by atoms with Crippen LogP contribution in [0.25, 0.3) is 0 Å². The Morgan fingerprint density at radius 3 is 2.15 bits per heavy atom. The summed E-state index contributed by atoms with van der Waals surface area (Å²) >= 11 is 6.14. The van der Waals surface area contributed by atoms with E-state index >= 15 is 0 Å². The first-order valence-electron chi connectivity index (χ1n) is 13.3. The average Bonchev–Trinajstić information content (AvgIpc) is 3.49. The lowest BCUT2D eigenvalue weighted by molar-refractivity contribution is -0.125. The summed E-state index contributed by atoms with van der Waals surface area (Å²) in [5.41, 5.74) is 3.79. The maximum atomic E-state index is 13.8. The number of rotatable bonds is 10. The van der Waals surface area contributed by atoms with E-state index in [1.165, 1.54) is 17.2 Å². The fourth-order valence-electron chi connectivity index (χ4n) is 4.22. The van der Waals surface area contributed by atoms with Gasteiger partial charge in [0.1, 0.15) is 11.8 Å². The number of halogens is 1. The Kier molecular flexibility index (Phi) is 9.77. The lowest BCUT2D eigenvalue weighted by atomic mass is 10.0. The Hall–Kier alpha value is -4.62. The molecule has 0 spiro atoms. The molecule has 3 amide bonds. The fraction of sp³-hybridized carbons (Fsp3) is 0.182. The molecular weight excluding hydrogens is 538 g/mol. The van der Waals surface area contributed by atoms with Gasteiger partial charge >= 0.3 is 0 Å². The van der Waals surface area contributed by atoms with Gasteiger partial charge in [-0.1, -0.05) is 67.4 Å². The van der Waals surface area contributed by atoms with Crippen LogP contribution in [0, 0.1) is 6.92 Å². The molecule has 210 valence electrons. The SMILES string of the molecule is Cc1ccc(NC(=O)/C=C\C(=O)N(c2ccc(C(C)C)cc2)C(C(=O)NCc2ccco2)c2ccc(Cl)cc2)cc1. The lowest BCUT2D eigenvalue weighted by Gasteiger charge is -2.31. The van der Waals surface area contributed by atoms with Gasteiger partial charge in [-0.15, -0.1) is 0 Å². The third-order valence-corrected chi connectivity index (χ3v) is 6.73. The van der Waals surface area contributed by atoms with Crippen LogP contribution in [-0.4, -0.2) is 17.7 Å². The number of nitrogens with zero attached hydrogens (tertiary/aromatic N) is 1. The largest absolute Gasteiger partial charge is 0.467 e. The number of carbonyl (C=O) groups is 3. The summed E-state index contributed by atoms with van der Waals surface area (Å²) in [6.45, 7) is 6.24. The zero-order valence-electron chi connectivity index (χ0n) is 23.1. The summed E-state index contributed by atoms with van der Waals surface area (Å²) in [6.07, 6.45) is 3.86. The molecule has 0 bridgehead atoms. The molecule has 0 fully saturated rings. The maximum absolute atomic E-state index is 13.8. The number of anilines is 2. The molecule has 8 heteroatoms. The average molecular weight is 570 g/mol. The van der Waals surface area contributed by atoms with Gasteiger partial charge in [0.05, 0.1) is 12.8 Å². The molecule has 3 aromatic carbocycles. The Morgan fingerprint density at radius 1 is 0.878 bits per heavy atom. The minimum Gasteiger partial charge on any atom is -0.467 e. The minimum absolute atomic E-state index is 0.138. The van der Waals surface area contributed by atoms with E-state index < -0.39 is 23.8 Å². The molecule has 1 heterocycles. The van der Waals surface area contributed by atoms with E-state index in [-0.39, 0.29) is 12.5 Å². The lowest BCUT2D eigenvalue weighted by Crippen LogP contribution is -2.43. The first kappa shape index (κ1) is 29.4. The monoisotopic (exact) mass is 569 g/mol. The third-order valence-electron chi connectivity index (χ3n) is 6.48. The van der Waals surface area contributed by atoms with Gasteiger partial charge in [0.15, 0.2) is 0 Å². The molecule has 0 radical (unpaired) electrons. The van der Waals surface area contributed by atoms with E-state index in [4.69, 9.17) is 16.0 Å². The van der Waals surface area contributed by atoms with Crippen LogP contribution in [-0.2, 0) is 20.9 Å². The number of nitrogens with one attached hydrogen (secondary N) is 2. The van der Waals surface area contributed by atoms with E-state index in [9.17, 15) is 14.4 Å². The molecule has 4 aromatic rings. The van der Waals surface area contributed by atoms with Crippen LogP contribution in [0.4, 0.5) is 11.4 Å². The number of hydrogen-bond acceptors (Lipinski definition) is 4. The molecule has 0 aliphatic carbocycles. The molecule has 41 heavy (non-hydrogen) atoms. The third kappa shape index (κ3) is 7.96. The van der Waals surface area contributed by atoms with Crippen molar-refractivity contribution in [3.05, 3.63) is 131 Å². The van der Waals surface area contributed by atoms with Crippen LogP contribution < -0.4 is 15.5 Å². The summed E-state index contributed by atoms with van der Waals surface area (Å²) in [7, 11) is 0. The van der Waals surface area contributed by atoms with Crippen molar-refractivity contribution >= 4 is 40.7 Å². The van der Waals surface area contributed by atoms with Gasteiger partial charge < -0.3 is 15.1 Å². The second-order valence-corrected chi connectivity index (χ2v) is 10.3. The molecule has 4 rings (SSSR count). The van der Waals surface area contributed by atoms with Crippen molar-refractivity contribution in [1.82, 2.24) is 5.32 Å². The molecule has 0 aliphatic rings. The summed E-state index contributed by atoms with van der Waals surface area (Å²) < 4.78 is 5.37. The minimum atomic E-state index is -1.07. The molecule has 0 aliphatic heterocycles. The number of carbonyl (C=O) groups excluding carboxylic acids is 3. The molecule has 0 saturated heterocycles. The number of hydrogen-bond donors (Lipinski definition) is 2. The van der Waals surface area contributed by atoms with Crippen molar-refractivity contribution in [3.63, 3.8) is 0 Å². The van der Waals surface area contributed by atoms with Crippen molar-refractivity contribution < 1.29 is 18.8 Å². The summed E-state index contributed by atoms with van der Waals surface area (Å²) in [5.74, 6) is -0.596. The molecule has 0 saturated carbocycles. The highest BCUT2D eigenvalue weighted by atomic mass is 35.5. The first-order chi connectivity index (χ1) is 19.7. The topological polar surface area (TPSA) is 91.7 Å². The summed E-state index contributed by atoms with van der Waals surface area (Å²) in [6, 6.07) is 23.9. The van der Waals surface area contributed by atoms with Crippen LogP contribution in [0.1, 0.15) is 48.3 Å². The number of aryl methyl sites for hydroxylation is 1. The highest BCUT2D eigenvalue weighted by Gasteiger charge is 2.32. The van der Waals surface area contributed by atoms with Crippen LogP contribution >= 0.6 is 11.6 Å². The normalized spacial score (nSPS) is 11.8. The van der Waals surface area contributed by atoms with Crippen molar-refractivity contribution in [2.75, 3.05) is 10.2 Å². The van der Waals surface area contributed by atoms with Gasteiger partial charge in [0, 0.05) is 28.5 Å². The van der Waals surface area contributed by atoms with Crippen LogP contribution in [0.5, 0.6) is 0 Å². The van der Waals surface area contributed by atoms with Crippen LogP contribution in [0.3, 0.4) is 0 Å². The van der Waals surface area contributed by atoms with Gasteiger partial charge in [0.2, 0.25) is 11.8 Å². The van der Waals surface area contributed by atoms with Gasteiger partial charge in [-0.05, 0) is 72.5 Å². The molecule has 1 unspecified atom stereocenters. The highest BCUT2D eigenvalue weighted by molar-refractivity contribution is 6.30. The first-order valence-corrected chi connectivity index (χ1v) is 13.6. The van der Waals surface area contributed by atoms with Crippen LogP contribution in [0.15, 0.2) is 108 Å². The van der Waals surface area contributed by atoms with E-state index in [1.807, 2.05) is 31.2 Å². The van der Waals surface area contributed by atoms with Gasteiger partial charge in [0.25, 0.3) is 5.91 Å². The Morgan fingerprint density at radius 2 is 1.54 bits per heavy atom. The van der Waals surface area contributed by atoms with Crippen molar-refractivity contribution in [3.8, 4) is 0 Å². The fourth-order valence-corrected chi connectivity index (χ4v) is 4.34. The van der Waals surface area contributed by atoms with E-state index in [0.29, 0.717) is 27.7 Å². The summed E-state index contributed by atoms with van der Waals surface area (Å²) in [5, 5.41) is 6.12. The van der Waals surface area contributed by atoms with Crippen molar-refractivity contribution in [2.45, 2.75) is 39.3 Å². The Bertz CT molecular complexity index is 1490. The smallest absolute Gasteiger partial charge is 0.252 e. The zero-order chi connectivity index (χ0) is 29.4. The van der Waals surface area contributed by atoms with Crippen molar-refractivity contribution in [2.24, 2.45) is 0 Å². The standard InChI is InChI=1S/C33H32ClN3O4/c1-22(2)24-10-16-28(17-11-24)37(31(39)19-18-30(38)36-27-14-6-23(3)7-15-27)32(25-8-12-26(34)13-9-25)33(40)35-21-29-5-4-20-41-29/h4-20,22,32H,21H2,1-3H3,(H,35,40)(H,36,38)/b19-18-. The summed E-state index contributed by atoms with van der Waals surface area (Å²) in [4.78, 5) is 41.6. The molecule has 1 atom stereocenters. The molecule has 1 aromatic heterocycles. The second kappa shape index (κ2) is 13.6. The molecule has 2 N–H and O–H groups in total. The predicted molar refractivity (Wildman–Crippen MR) is 162 cm³/mol. The highest BCUT2D eigenvalue weighted by Crippen LogP contribution is 2.30. The predicted octanol–water partition coefficient (Wildman–Crippen LogP) is 6.95. The Balaban J connectivity index is 1.69. The van der Waals surface area contributed by atoms with Crippen LogP contribution in [0.2, 0.25) is 5.02 Å². The quantitative estimate of drug-likeness (QED) is 0.202. The number of benzene rings is 3. The maximum Gasteiger partial charge on any atom is 0.252 e. The number of amides is 3.